The number of allylic oxidation sites excluding steroid dienone is 1. The van der Waals surface area contributed by atoms with Crippen molar-refractivity contribution in [1.82, 2.24) is 0 Å². The third-order valence-electron chi connectivity index (χ3n) is 2.98. The zero-order chi connectivity index (χ0) is 12.8. The molecule has 0 spiro atoms. The number of nitrogens with two attached hydrogens (primary N) is 1. The van der Waals surface area contributed by atoms with E-state index in [4.69, 9.17) is 5.73 Å². The lowest BCUT2D eigenvalue weighted by Gasteiger charge is -2.12. The minimum absolute atomic E-state index is 0.141. The van der Waals surface area contributed by atoms with Gasteiger partial charge in [0.05, 0.1) is 0 Å². The lowest BCUT2D eigenvalue weighted by Crippen LogP contribution is -2.24. The fourth-order valence-electron chi connectivity index (χ4n) is 1.82. The Morgan fingerprint density at radius 2 is 1.94 bits per heavy atom. The van der Waals surface area contributed by atoms with Gasteiger partial charge in [0.25, 0.3) is 0 Å². The molecule has 2 heteroatoms. The lowest BCUT2D eigenvalue weighted by atomic mass is 9.94. The molecule has 1 aromatic carbocycles. The van der Waals surface area contributed by atoms with E-state index in [9.17, 15) is 4.79 Å². The zero-order valence-corrected chi connectivity index (χ0v) is 10.6. The van der Waals surface area contributed by atoms with E-state index in [1.54, 1.807) is 6.08 Å². The van der Waals surface area contributed by atoms with Gasteiger partial charge in [0.15, 0.2) is 0 Å². The first-order chi connectivity index (χ1) is 8.04. The molecule has 0 saturated carbocycles. The van der Waals surface area contributed by atoms with Gasteiger partial charge in [-0.15, -0.1) is 6.58 Å². The second-order valence-electron chi connectivity index (χ2n) is 4.72. The van der Waals surface area contributed by atoms with Crippen LogP contribution in [0.5, 0.6) is 0 Å². The average molecular weight is 231 g/mol. The smallest absolute Gasteiger partial charge is 0.221 e. The molecule has 92 valence electrons. The van der Waals surface area contributed by atoms with Gasteiger partial charge in [0, 0.05) is 5.92 Å². The summed E-state index contributed by atoms with van der Waals surface area (Å²) in [5, 5.41) is 0. The normalized spacial score (nSPS) is 12.4. The van der Waals surface area contributed by atoms with Crippen molar-refractivity contribution in [3.63, 3.8) is 0 Å². The molecule has 17 heavy (non-hydrogen) atoms. The topological polar surface area (TPSA) is 43.1 Å². The van der Waals surface area contributed by atoms with Crippen LogP contribution in [-0.2, 0) is 11.2 Å². The van der Waals surface area contributed by atoms with E-state index >= 15 is 0 Å². The predicted molar refractivity (Wildman–Crippen MR) is 71.7 cm³/mol. The van der Waals surface area contributed by atoms with E-state index in [0.717, 1.165) is 5.56 Å². The van der Waals surface area contributed by atoms with E-state index in [0.29, 0.717) is 18.8 Å². The SMILES string of the molecule is C=CC[C@H](Cc1ccc(C(C)C)cc1)C(N)=O. The van der Waals surface area contributed by atoms with Crippen LogP contribution < -0.4 is 5.73 Å². The molecule has 0 radical (unpaired) electrons. The first kappa shape index (κ1) is 13.5. The van der Waals surface area contributed by atoms with Gasteiger partial charge in [-0.1, -0.05) is 44.2 Å². The Hall–Kier alpha value is -1.57. The molecular weight excluding hydrogens is 210 g/mol. The van der Waals surface area contributed by atoms with Gasteiger partial charge in [-0.3, -0.25) is 4.79 Å². The molecule has 0 aliphatic rings. The van der Waals surface area contributed by atoms with E-state index in [1.165, 1.54) is 5.56 Å². The number of amides is 1. The monoisotopic (exact) mass is 231 g/mol. The van der Waals surface area contributed by atoms with Crippen LogP contribution in [0.3, 0.4) is 0 Å². The maximum Gasteiger partial charge on any atom is 0.221 e. The highest BCUT2D eigenvalue weighted by atomic mass is 16.1. The minimum Gasteiger partial charge on any atom is -0.369 e. The van der Waals surface area contributed by atoms with Crippen molar-refractivity contribution in [2.45, 2.75) is 32.6 Å². The maximum absolute atomic E-state index is 11.2. The second-order valence-corrected chi connectivity index (χ2v) is 4.72. The van der Waals surface area contributed by atoms with E-state index in [1.807, 2.05) is 0 Å². The number of carbonyl (C=O) groups excluding carboxylic acids is 1. The van der Waals surface area contributed by atoms with Gasteiger partial charge in [0.1, 0.15) is 0 Å². The van der Waals surface area contributed by atoms with Crippen LogP contribution in [0.2, 0.25) is 0 Å². The van der Waals surface area contributed by atoms with E-state index in [2.05, 4.69) is 44.7 Å². The van der Waals surface area contributed by atoms with Crippen molar-refractivity contribution in [3.05, 3.63) is 48.0 Å². The Labute approximate surface area is 104 Å². The first-order valence-corrected chi connectivity index (χ1v) is 6.03. The van der Waals surface area contributed by atoms with Crippen molar-refractivity contribution in [2.75, 3.05) is 0 Å². The van der Waals surface area contributed by atoms with Gasteiger partial charge in [0.2, 0.25) is 5.91 Å². The highest BCUT2D eigenvalue weighted by molar-refractivity contribution is 5.77. The fourth-order valence-corrected chi connectivity index (χ4v) is 1.82. The van der Waals surface area contributed by atoms with Crippen molar-refractivity contribution in [3.8, 4) is 0 Å². The largest absolute Gasteiger partial charge is 0.369 e. The Bertz CT molecular complexity index is 378. The summed E-state index contributed by atoms with van der Waals surface area (Å²) in [6.45, 7) is 7.99. The zero-order valence-electron chi connectivity index (χ0n) is 10.6. The average Bonchev–Trinajstić information content (AvgIpc) is 2.29. The number of rotatable bonds is 6. The Morgan fingerprint density at radius 1 is 1.35 bits per heavy atom. The molecule has 0 heterocycles. The van der Waals surface area contributed by atoms with Crippen LogP contribution in [0.4, 0.5) is 0 Å². The summed E-state index contributed by atoms with van der Waals surface area (Å²) in [5.74, 6) is 0.138. The number of carbonyl (C=O) groups is 1. The second kappa shape index (κ2) is 6.24. The molecule has 0 unspecified atom stereocenters. The highest BCUT2D eigenvalue weighted by Gasteiger charge is 2.14. The van der Waals surface area contributed by atoms with Gasteiger partial charge in [-0.25, -0.2) is 0 Å². The maximum atomic E-state index is 11.2. The summed E-state index contributed by atoms with van der Waals surface area (Å²) < 4.78 is 0. The third kappa shape index (κ3) is 4.06. The Kier molecular flexibility index (Phi) is 4.95. The molecule has 2 N–H and O–H groups in total. The molecule has 1 aromatic rings. The standard InChI is InChI=1S/C15H21NO/c1-4-5-14(15(16)17)10-12-6-8-13(9-7-12)11(2)3/h4,6-9,11,14H,1,5,10H2,2-3H3,(H2,16,17)/t14-/m1/s1. The summed E-state index contributed by atoms with van der Waals surface area (Å²) in [6, 6.07) is 8.39. The first-order valence-electron chi connectivity index (χ1n) is 6.03. The van der Waals surface area contributed by atoms with Crippen LogP contribution in [0, 0.1) is 5.92 Å². The summed E-state index contributed by atoms with van der Waals surface area (Å²) in [7, 11) is 0. The lowest BCUT2D eigenvalue weighted by molar-refractivity contribution is -0.121. The summed E-state index contributed by atoms with van der Waals surface area (Å²) in [4.78, 5) is 11.2. The van der Waals surface area contributed by atoms with Gasteiger partial charge >= 0.3 is 0 Å². The number of benzene rings is 1. The van der Waals surface area contributed by atoms with Crippen LogP contribution in [-0.4, -0.2) is 5.91 Å². The van der Waals surface area contributed by atoms with Crippen molar-refractivity contribution in [1.29, 1.82) is 0 Å². The van der Waals surface area contributed by atoms with Crippen molar-refractivity contribution >= 4 is 5.91 Å². The molecule has 1 atom stereocenters. The Balaban J connectivity index is 2.73. The number of primary amides is 1. The van der Waals surface area contributed by atoms with Crippen molar-refractivity contribution < 1.29 is 4.79 Å². The third-order valence-corrected chi connectivity index (χ3v) is 2.98. The molecule has 0 fully saturated rings. The van der Waals surface area contributed by atoms with Crippen LogP contribution >= 0.6 is 0 Å². The van der Waals surface area contributed by atoms with E-state index in [-0.39, 0.29) is 11.8 Å². The summed E-state index contributed by atoms with van der Waals surface area (Å²) in [6.07, 6.45) is 3.08. The molecule has 1 amide bonds. The van der Waals surface area contributed by atoms with Crippen LogP contribution in [0.1, 0.15) is 37.3 Å². The minimum atomic E-state index is -0.252. The molecule has 1 rings (SSSR count). The van der Waals surface area contributed by atoms with Gasteiger partial charge in [-0.05, 0) is 29.9 Å². The summed E-state index contributed by atoms with van der Waals surface area (Å²) >= 11 is 0. The van der Waals surface area contributed by atoms with Gasteiger partial charge in [-0.2, -0.15) is 0 Å². The fraction of sp³-hybridized carbons (Fsp3) is 0.400. The molecule has 0 bridgehead atoms. The molecule has 0 aliphatic carbocycles. The quantitative estimate of drug-likeness (QED) is 0.751. The number of hydrogen-bond acceptors (Lipinski definition) is 1. The molecule has 2 nitrogen and oxygen atoms in total. The van der Waals surface area contributed by atoms with Crippen LogP contribution in [0.15, 0.2) is 36.9 Å². The highest BCUT2D eigenvalue weighted by Crippen LogP contribution is 2.17. The predicted octanol–water partition coefficient (Wildman–Crippen LogP) is 3.03. The Morgan fingerprint density at radius 3 is 2.35 bits per heavy atom. The molecule has 0 aromatic heterocycles. The van der Waals surface area contributed by atoms with E-state index < -0.39 is 0 Å². The number of hydrogen-bond donors (Lipinski definition) is 1. The van der Waals surface area contributed by atoms with Gasteiger partial charge < -0.3 is 5.73 Å². The molecular formula is C15H21NO. The molecule has 0 saturated heterocycles. The molecule has 0 aliphatic heterocycles. The summed E-state index contributed by atoms with van der Waals surface area (Å²) in [5.41, 5.74) is 7.83. The van der Waals surface area contributed by atoms with Crippen LogP contribution in [0.25, 0.3) is 0 Å². The van der Waals surface area contributed by atoms with Crippen molar-refractivity contribution in [2.24, 2.45) is 11.7 Å².